The summed E-state index contributed by atoms with van der Waals surface area (Å²) in [7, 11) is -3.34. The van der Waals surface area contributed by atoms with Crippen LogP contribution in [0, 0.1) is 0 Å². The van der Waals surface area contributed by atoms with E-state index in [1.165, 1.54) is 0 Å². The van der Waals surface area contributed by atoms with Crippen molar-refractivity contribution in [1.82, 2.24) is 0 Å². The summed E-state index contributed by atoms with van der Waals surface area (Å²) in [6.45, 7) is 0. The molecule has 0 fully saturated rings. The minimum Gasteiger partial charge on any atom is -0.285 e. The van der Waals surface area contributed by atoms with Gasteiger partial charge in [0.15, 0.2) is 5.30 Å². The zero-order chi connectivity index (χ0) is 15.4. The lowest BCUT2D eigenvalue weighted by atomic mass is 10.2. The molecule has 1 radical (unpaired) electrons. The molecule has 3 heteroatoms. The summed E-state index contributed by atoms with van der Waals surface area (Å²) in [5.74, 6) is 0. The van der Waals surface area contributed by atoms with Crippen molar-refractivity contribution in [2.24, 2.45) is 0 Å². The van der Waals surface area contributed by atoms with Gasteiger partial charge in [-0.05, 0) is 40.6 Å². The molecule has 0 bridgehead atoms. The van der Waals surface area contributed by atoms with Crippen molar-refractivity contribution in [3.63, 3.8) is 0 Å². The van der Waals surface area contributed by atoms with Crippen LogP contribution in [0.4, 0.5) is 4.20 Å². The van der Waals surface area contributed by atoms with E-state index < -0.39 is 7.57 Å². The van der Waals surface area contributed by atoms with Gasteiger partial charge < -0.3 is 0 Å². The van der Waals surface area contributed by atoms with Crippen molar-refractivity contribution >= 4 is 29.8 Å². The van der Waals surface area contributed by atoms with Crippen LogP contribution >= 0.6 is 7.57 Å². The highest BCUT2D eigenvalue weighted by molar-refractivity contribution is 7.91. The van der Waals surface area contributed by atoms with Gasteiger partial charge in [0, 0.05) is 0 Å². The molecule has 1 nitrogen and oxygen atoms in total. The smallest absolute Gasteiger partial charge is 0.285 e. The molecule has 0 saturated heterocycles. The van der Waals surface area contributed by atoms with Crippen molar-refractivity contribution in [3.05, 3.63) is 90.5 Å². The lowest BCUT2D eigenvalue weighted by molar-refractivity contribution is 0.563. The fourth-order valence-corrected chi connectivity index (χ4v) is 5.29. The Bertz CT molecular complexity index is 732. The molecule has 0 atom stereocenters. The van der Waals surface area contributed by atoms with Gasteiger partial charge in [-0.15, -0.1) is 0 Å². The van der Waals surface area contributed by atoms with E-state index in [0.717, 1.165) is 0 Å². The first-order valence-corrected chi connectivity index (χ1v) is 8.62. The standard InChI is InChI=1S/C19H14FOP/c20-22(17-10-3-1-4-11-17,18-12-5-2-6-13-18)19-14-8-7-9-16(19)15-21/h1-14H/q+1. The normalized spacial score (nSPS) is 11.1. The Labute approximate surface area is 129 Å². The number of carbonyl (C=O) groups excluding carboxylic acids is 1. The molecule has 0 N–H and O–H groups in total. The van der Waals surface area contributed by atoms with Crippen molar-refractivity contribution in [2.75, 3.05) is 0 Å². The summed E-state index contributed by atoms with van der Waals surface area (Å²) in [6, 6.07) is 24.9. The summed E-state index contributed by atoms with van der Waals surface area (Å²) in [6.07, 6.45) is 1.88. The molecule has 0 heterocycles. The third-order valence-electron chi connectivity index (χ3n) is 3.57. The molecule has 0 amide bonds. The number of rotatable bonds is 4. The van der Waals surface area contributed by atoms with Crippen LogP contribution in [0.3, 0.4) is 0 Å². The quantitative estimate of drug-likeness (QED) is 0.676. The van der Waals surface area contributed by atoms with E-state index in [1.54, 1.807) is 48.5 Å². The summed E-state index contributed by atoms with van der Waals surface area (Å²) >= 11 is 0. The molecule has 107 valence electrons. The Kier molecular flexibility index (Phi) is 4.13. The molecular formula is C19H14FOP+. The molecule has 22 heavy (non-hydrogen) atoms. The second kappa shape index (κ2) is 6.21. The van der Waals surface area contributed by atoms with Crippen LogP contribution in [0.15, 0.2) is 84.9 Å². The van der Waals surface area contributed by atoms with Crippen molar-refractivity contribution in [3.8, 4) is 0 Å². The van der Waals surface area contributed by atoms with Gasteiger partial charge in [0.1, 0.15) is 10.6 Å². The summed E-state index contributed by atoms with van der Waals surface area (Å²) in [4.78, 5) is 11.3. The second-order valence-corrected chi connectivity index (χ2v) is 7.57. The van der Waals surface area contributed by atoms with E-state index in [2.05, 4.69) is 0 Å². The van der Waals surface area contributed by atoms with Crippen LogP contribution in [0.1, 0.15) is 5.56 Å². The first kappa shape index (κ1) is 14.6. The van der Waals surface area contributed by atoms with Crippen LogP contribution < -0.4 is 15.9 Å². The zero-order valence-electron chi connectivity index (χ0n) is 11.8. The number of benzene rings is 3. The van der Waals surface area contributed by atoms with Gasteiger partial charge in [0.25, 0.3) is 7.57 Å². The number of hydrogen-bond donors (Lipinski definition) is 0. The average molecular weight is 308 g/mol. The Balaban J connectivity index is 2.31. The molecule has 0 aromatic heterocycles. The monoisotopic (exact) mass is 308 g/mol. The molecule has 3 aromatic carbocycles. The summed E-state index contributed by atoms with van der Waals surface area (Å²) in [5, 5.41) is 1.62. The molecule has 3 rings (SSSR count). The van der Waals surface area contributed by atoms with E-state index in [0.29, 0.717) is 15.9 Å². The van der Waals surface area contributed by atoms with Crippen LogP contribution in [-0.4, -0.2) is 6.29 Å². The van der Waals surface area contributed by atoms with Gasteiger partial charge in [0.05, 0.1) is 5.56 Å². The predicted octanol–water partition coefficient (Wildman–Crippen LogP) is 3.32. The Morgan fingerprint density at radius 2 is 1.14 bits per heavy atom. The third kappa shape index (κ3) is 2.47. The SMILES string of the molecule is O=[C]c1ccccc1[P+](F)(c1ccccc1)c1ccccc1. The minimum absolute atomic E-state index is 0.283. The van der Waals surface area contributed by atoms with Gasteiger partial charge in [-0.1, -0.05) is 48.5 Å². The van der Waals surface area contributed by atoms with Crippen LogP contribution in [-0.2, 0) is 4.79 Å². The molecule has 0 saturated carbocycles. The molecule has 0 unspecified atom stereocenters. The summed E-state index contributed by atoms with van der Waals surface area (Å²) < 4.78 is 16.4. The Morgan fingerprint density at radius 3 is 1.64 bits per heavy atom. The maximum atomic E-state index is 16.4. The first-order chi connectivity index (χ1) is 10.8. The molecular weight excluding hydrogens is 294 g/mol. The van der Waals surface area contributed by atoms with Crippen LogP contribution in [0.2, 0.25) is 0 Å². The van der Waals surface area contributed by atoms with E-state index in [1.807, 2.05) is 42.7 Å². The van der Waals surface area contributed by atoms with Crippen molar-refractivity contribution in [1.29, 1.82) is 0 Å². The zero-order valence-corrected chi connectivity index (χ0v) is 12.7. The van der Waals surface area contributed by atoms with E-state index in [9.17, 15) is 4.79 Å². The average Bonchev–Trinajstić information content (AvgIpc) is 2.62. The second-order valence-electron chi connectivity index (χ2n) is 4.88. The summed E-state index contributed by atoms with van der Waals surface area (Å²) in [5.41, 5.74) is 0.283. The van der Waals surface area contributed by atoms with E-state index in [-0.39, 0.29) is 5.56 Å². The van der Waals surface area contributed by atoms with E-state index in [4.69, 9.17) is 0 Å². The first-order valence-electron chi connectivity index (χ1n) is 6.94. The Hall–Kier alpha value is -2.31. The highest BCUT2D eigenvalue weighted by atomic mass is 31.2. The predicted molar refractivity (Wildman–Crippen MR) is 91.1 cm³/mol. The van der Waals surface area contributed by atoms with Crippen molar-refractivity contribution < 1.29 is 8.99 Å². The fourth-order valence-electron chi connectivity index (χ4n) is 2.52. The molecule has 0 aliphatic carbocycles. The molecule has 0 aliphatic heterocycles. The van der Waals surface area contributed by atoms with Crippen LogP contribution in [0.5, 0.6) is 0 Å². The lowest BCUT2D eigenvalue weighted by Gasteiger charge is -2.17. The molecule has 0 aliphatic rings. The minimum atomic E-state index is -3.34. The lowest BCUT2D eigenvalue weighted by Crippen LogP contribution is -2.29. The van der Waals surface area contributed by atoms with Gasteiger partial charge in [0.2, 0.25) is 6.29 Å². The van der Waals surface area contributed by atoms with Gasteiger partial charge in [-0.25, -0.2) is 0 Å². The highest BCUT2D eigenvalue weighted by Gasteiger charge is 2.49. The highest BCUT2D eigenvalue weighted by Crippen LogP contribution is 2.57. The fraction of sp³-hybridized carbons (Fsp3) is 0. The Morgan fingerprint density at radius 1 is 0.682 bits per heavy atom. The van der Waals surface area contributed by atoms with Gasteiger partial charge in [-0.2, -0.15) is 0 Å². The van der Waals surface area contributed by atoms with Crippen LogP contribution in [0.25, 0.3) is 0 Å². The molecule has 3 aromatic rings. The van der Waals surface area contributed by atoms with Gasteiger partial charge in [-0.3, -0.25) is 4.79 Å². The topological polar surface area (TPSA) is 17.1 Å². The van der Waals surface area contributed by atoms with E-state index >= 15 is 4.20 Å². The number of halogens is 1. The third-order valence-corrected chi connectivity index (χ3v) is 6.64. The van der Waals surface area contributed by atoms with Gasteiger partial charge >= 0.3 is 0 Å². The maximum absolute atomic E-state index is 16.4. The maximum Gasteiger partial charge on any atom is 0.299 e. The molecule has 0 spiro atoms. The number of hydrogen-bond acceptors (Lipinski definition) is 1. The largest absolute Gasteiger partial charge is 0.299 e. The van der Waals surface area contributed by atoms with Crippen molar-refractivity contribution in [2.45, 2.75) is 0 Å².